The SMILES string of the molecule is O=C(O)C(O)Oc1cccc2ccccc12.O=C(O)C(O)Oc1cccc2ccccc12.[Cu]. The van der Waals surface area contributed by atoms with Crippen molar-refractivity contribution in [2.75, 3.05) is 0 Å². The Balaban J connectivity index is 0.000000227. The molecule has 0 saturated carbocycles. The Morgan fingerprint density at radius 1 is 0.576 bits per heavy atom. The van der Waals surface area contributed by atoms with Gasteiger partial charge in [0.2, 0.25) is 0 Å². The zero-order valence-corrected chi connectivity index (χ0v) is 17.9. The van der Waals surface area contributed by atoms with E-state index in [2.05, 4.69) is 0 Å². The number of carboxylic acids is 2. The summed E-state index contributed by atoms with van der Waals surface area (Å²) in [5.74, 6) is -2.11. The zero-order valence-electron chi connectivity index (χ0n) is 17.0. The topological polar surface area (TPSA) is 134 Å². The maximum Gasteiger partial charge on any atom is 0.373 e. The number of aliphatic hydroxyl groups is 2. The molecule has 8 nitrogen and oxygen atoms in total. The summed E-state index contributed by atoms with van der Waals surface area (Å²) in [6.07, 6.45) is -3.68. The molecule has 0 fully saturated rings. The molecule has 0 aliphatic heterocycles. The fraction of sp³-hybridized carbons (Fsp3) is 0.0833. The van der Waals surface area contributed by atoms with Crippen molar-refractivity contribution in [2.45, 2.75) is 12.6 Å². The van der Waals surface area contributed by atoms with Gasteiger partial charge in [-0.3, -0.25) is 0 Å². The van der Waals surface area contributed by atoms with E-state index in [9.17, 15) is 9.59 Å². The van der Waals surface area contributed by atoms with Gasteiger partial charge in [-0.2, -0.15) is 0 Å². The van der Waals surface area contributed by atoms with Crippen LogP contribution >= 0.6 is 0 Å². The first-order chi connectivity index (χ1) is 15.4. The number of rotatable bonds is 6. The van der Waals surface area contributed by atoms with E-state index in [1.54, 1.807) is 36.4 Å². The van der Waals surface area contributed by atoms with Gasteiger partial charge in [-0.05, 0) is 22.9 Å². The fourth-order valence-corrected chi connectivity index (χ4v) is 2.94. The number of fused-ring (bicyclic) bond motifs is 2. The molecule has 0 aromatic heterocycles. The van der Waals surface area contributed by atoms with Crippen LogP contribution in [0.25, 0.3) is 21.5 Å². The summed E-state index contributed by atoms with van der Waals surface area (Å²) in [6.45, 7) is 0. The van der Waals surface area contributed by atoms with E-state index in [4.69, 9.17) is 29.9 Å². The van der Waals surface area contributed by atoms with E-state index in [1.807, 2.05) is 48.5 Å². The molecule has 0 aliphatic rings. The molecule has 9 heteroatoms. The van der Waals surface area contributed by atoms with Gasteiger partial charge in [-0.25, -0.2) is 9.59 Å². The van der Waals surface area contributed by atoms with Gasteiger partial charge in [0.25, 0.3) is 12.6 Å². The summed E-state index contributed by atoms with van der Waals surface area (Å²) >= 11 is 0. The molecular formula is C24H20CuO8. The van der Waals surface area contributed by atoms with Gasteiger partial charge in [0.1, 0.15) is 11.5 Å². The third kappa shape index (κ3) is 6.68. The second-order valence-electron chi connectivity index (χ2n) is 6.57. The summed E-state index contributed by atoms with van der Waals surface area (Å²) in [4.78, 5) is 20.9. The maximum absolute atomic E-state index is 10.5. The number of carboxylic acid groups (broad SMARTS) is 2. The zero-order chi connectivity index (χ0) is 23.1. The van der Waals surface area contributed by atoms with Crippen molar-refractivity contribution in [2.24, 2.45) is 0 Å². The van der Waals surface area contributed by atoms with Crippen LogP contribution < -0.4 is 9.47 Å². The first kappa shape index (κ1) is 25.6. The molecule has 2 unspecified atom stereocenters. The van der Waals surface area contributed by atoms with E-state index >= 15 is 0 Å². The summed E-state index contributed by atoms with van der Waals surface area (Å²) in [6, 6.07) is 25.3. The van der Waals surface area contributed by atoms with Crippen LogP contribution in [0.1, 0.15) is 0 Å². The summed E-state index contributed by atoms with van der Waals surface area (Å²) in [5, 5.41) is 38.7. The molecule has 4 rings (SSSR count). The molecule has 175 valence electrons. The standard InChI is InChI=1S/2C12H10O4.Cu/c2*13-11(14)12(15)16-10-7-3-5-8-4-1-2-6-9(8)10;/h2*1-7,12,15H,(H,13,14);. The van der Waals surface area contributed by atoms with Crippen LogP contribution in [0.15, 0.2) is 84.9 Å². The van der Waals surface area contributed by atoms with Crippen molar-refractivity contribution in [3.05, 3.63) is 84.9 Å². The molecule has 0 aliphatic carbocycles. The molecule has 4 aromatic rings. The second-order valence-corrected chi connectivity index (χ2v) is 6.57. The minimum atomic E-state index is -1.84. The number of carbonyl (C=O) groups is 2. The molecule has 1 radical (unpaired) electrons. The largest absolute Gasteiger partial charge is 0.477 e. The average Bonchev–Trinajstić information content (AvgIpc) is 2.80. The van der Waals surface area contributed by atoms with E-state index in [-0.39, 0.29) is 17.1 Å². The molecular weight excluding hydrogens is 480 g/mol. The summed E-state index contributed by atoms with van der Waals surface area (Å²) in [7, 11) is 0. The normalized spacial score (nSPS) is 11.9. The number of hydrogen-bond donors (Lipinski definition) is 4. The molecule has 4 aromatic carbocycles. The number of hydrogen-bond acceptors (Lipinski definition) is 6. The van der Waals surface area contributed by atoms with Crippen LogP contribution in [0.4, 0.5) is 0 Å². The molecule has 33 heavy (non-hydrogen) atoms. The van der Waals surface area contributed by atoms with Gasteiger partial charge in [0.15, 0.2) is 0 Å². The van der Waals surface area contributed by atoms with E-state index in [0.717, 1.165) is 21.5 Å². The van der Waals surface area contributed by atoms with Gasteiger partial charge in [0, 0.05) is 27.8 Å². The Kier molecular flexibility index (Phi) is 9.20. The molecule has 2 atom stereocenters. The van der Waals surface area contributed by atoms with Gasteiger partial charge in [-0.1, -0.05) is 72.8 Å². The molecule has 0 heterocycles. The monoisotopic (exact) mass is 499 g/mol. The summed E-state index contributed by atoms with van der Waals surface area (Å²) in [5.41, 5.74) is 0. The van der Waals surface area contributed by atoms with Crippen molar-refractivity contribution in [1.29, 1.82) is 0 Å². The minimum Gasteiger partial charge on any atom is -0.477 e. The molecule has 4 N–H and O–H groups in total. The van der Waals surface area contributed by atoms with Gasteiger partial charge < -0.3 is 29.9 Å². The van der Waals surface area contributed by atoms with Crippen molar-refractivity contribution in [3.63, 3.8) is 0 Å². The van der Waals surface area contributed by atoms with Gasteiger partial charge in [0.05, 0.1) is 0 Å². The van der Waals surface area contributed by atoms with E-state index in [0.29, 0.717) is 11.5 Å². The third-order valence-electron chi connectivity index (χ3n) is 4.40. The number of ether oxygens (including phenoxy) is 2. The number of benzene rings is 4. The van der Waals surface area contributed by atoms with Crippen LogP contribution in [0.3, 0.4) is 0 Å². The van der Waals surface area contributed by atoms with E-state index in [1.165, 1.54) is 0 Å². The average molecular weight is 500 g/mol. The van der Waals surface area contributed by atoms with Crippen molar-refractivity contribution < 1.29 is 56.6 Å². The first-order valence-electron chi connectivity index (χ1n) is 9.47. The Labute approximate surface area is 199 Å². The van der Waals surface area contributed by atoms with Crippen LogP contribution in [0.5, 0.6) is 11.5 Å². The number of aliphatic carboxylic acids is 2. The molecule has 0 spiro atoms. The van der Waals surface area contributed by atoms with Crippen LogP contribution in [0.2, 0.25) is 0 Å². The van der Waals surface area contributed by atoms with Crippen molar-refractivity contribution in [1.82, 2.24) is 0 Å². The second kappa shape index (κ2) is 11.8. The minimum absolute atomic E-state index is 0. The molecule has 0 amide bonds. The molecule has 0 bridgehead atoms. The Morgan fingerprint density at radius 2 is 0.909 bits per heavy atom. The van der Waals surface area contributed by atoms with Crippen molar-refractivity contribution >= 4 is 33.5 Å². The van der Waals surface area contributed by atoms with Crippen LogP contribution in [-0.4, -0.2) is 44.9 Å². The predicted octanol–water partition coefficient (Wildman–Crippen LogP) is 3.24. The van der Waals surface area contributed by atoms with Crippen molar-refractivity contribution in [3.8, 4) is 11.5 Å². The van der Waals surface area contributed by atoms with Gasteiger partial charge >= 0.3 is 11.9 Å². The third-order valence-corrected chi connectivity index (χ3v) is 4.40. The van der Waals surface area contributed by atoms with Gasteiger partial charge in [-0.15, -0.1) is 0 Å². The number of aliphatic hydroxyl groups excluding tert-OH is 2. The maximum atomic E-state index is 10.5. The van der Waals surface area contributed by atoms with Crippen LogP contribution in [-0.2, 0) is 26.7 Å². The molecule has 0 saturated heterocycles. The van der Waals surface area contributed by atoms with Crippen LogP contribution in [0, 0.1) is 0 Å². The summed E-state index contributed by atoms with van der Waals surface area (Å²) < 4.78 is 9.89. The first-order valence-corrected chi connectivity index (χ1v) is 9.47. The Bertz CT molecular complexity index is 1140. The quantitative estimate of drug-likeness (QED) is 0.235. The Morgan fingerprint density at radius 3 is 1.27 bits per heavy atom. The van der Waals surface area contributed by atoms with E-state index < -0.39 is 24.5 Å². The predicted molar refractivity (Wildman–Crippen MR) is 116 cm³/mol. The fourth-order valence-electron chi connectivity index (χ4n) is 2.94. The smallest absolute Gasteiger partial charge is 0.373 e. The Hall–Kier alpha value is -3.62.